The SMILES string of the molecule is CC1CCN(C(=O)C2C3CCc4ccccc4C32)C1CBr. The van der Waals surface area contributed by atoms with Crippen molar-refractivity contribution in [3.05, 3.63) is 35.4 Å². The molecule has 3 heteroatoms. The zero-order chi connectivity index (χ0) is 14.6. The first-order chi connectivity index (χ1) is 10.2. The molecular weight excluding hydrogens is 326 g/mol. The molecule has 112 valence electrons. The number of benzene rings is 1. The number of amides is 1. The summed E-state index contributed by atoms with van der Waals surface area (Å²) >= 11 is 3.60. The first kappa shape index (κ1) is 13.8. The molecule has 5 unspecified atom stereocenters. The van der Waals surface area contributed by atoms with Crippen LogP contribution in [0.15, 0.2) is 24.3 Å². The molecule has 4 rings (SSSR count). The Morgan fingerprint density at radius 1 is 1.33 bits per heavy atom. The first-order valence-electron chi connectivity index (χ1n) is 8.16. The van der Waals surface area contributed by atoms with E-state index in [0.29, 0.717) is 29.7 Å². The van der Waals surface area contributed by atoms with Crippen molar-refractivity contribution in [1.82, 2.24) is 4.90 Å². The summed E-state index contributed by atoms with van der Waals surface area (Å²) in [6.07, 6.45) is 3.50. The number of hydrogen-bond donors (Lipinski definition) is 0. The van der Waals surface area contributed by atoms with E-state index in [4.69, 9.17) is 0 Å². The van der Waals surface area contributed by atoms with Gasteiger partial charge in [-0.05, 0) is 48.1 Å². The van der Waals surface area contributed by atoms with E-state index in [1.54, 1.807) is 0 Å². The topological polar surface area (TPSA) is 20.3 Å². The molecule has 0 bridgehead atoms. The van der Waals surface area contributed by atoms with Crippen molar-refractivity contribution < 1.29 is 4.79 Å². The molecule has 1 heterocycles. The summed E-state index contributed by atoms with van der Waals surface area (Å²) < 4.78 is 0. The van der Waals surface area contributed by atoms with Gasteiger partial charge in [0.05, 0.1) is 0 Å². The van der Waals surface area contributed by atoms with Crippen molar-refractivity contribution in [3.63, 3.8) is 0 Å². The zero-order valence-electron chi connectivity index (χ0n) is 12.5. The van der Waals surface area contributed by atoms with Crippen LogP contribution in [0.1, 0.15) is 36.8 Å². The molecule has 1 aliphatic heterocycles. The monoisotopic (exact) mass is 347 g/mol. The predicted octanol–water partition coefficient (Wildman–Crippen LogP) is 3.59. The fourth-order valence-corrected chi connectivity index (χ4v) is 5.60. The Hall–Kier alpha value is -0.830. The fraction of sp³-hybridized carbons (Fsp3) is 0.611. The third kappa shape index (κ3) is 2.08. The Labute approximate surface area is 135 Å². The number of halogens is 1. The third-order valence-corrected chi connectivity index (χ3v) is 6.60. The number of aryl methyl sites for hydroxylation is 1. The van der Waals surface area contributed by atoms with Gasteiger partial charge in [-0.15, -0.1) is 0 Å². The average Bonchev–Trinajstić information content (AvgIpc) is 3.14. The Morgan fingerprint density at radius 3 is 2.95 bits per heavy atom. The van der Waals surface area contributed by atoms with Crippen LogP contribution in [0, 0.1) is 17.8 Å². The van der Waals surface area contributed by atoms with E-state index in [1.807, 2.05) is 0 Å². The zero-order valence-corrected chi connectivity index (χ0v) is 14.1. The molecule has 0 N–H and O–H groups in total. The molecule has 21 heavy (non-hydrogen) atoms. The minimum Gasteiger partial charge on any atom is -0.338 e. The number of likely N-dealkylation sites (tertiary alicyclic amines) is 1. The molecule has 1 aromatic rings. The quantitative estimate of drug-likeness (QED) is 0.748. The summed E-state index contributed by atoms with van der Waals surface area (Å²) in [4.78, 5) is 15.2. The number of fused-ring (bicyclic) bond motifs is 3. The maximum absolute atomic E-state index is 13.0. The normalized spacial score (nSPS) is 37.0. The largest absolute Gasteiger partial charge is 0.338 e. The van der Waals surface area contributed by atoms with E-state index in [9.17, 15) is 4.79 Å². The van der Waals surface area contributed by atoms with Gasteiger partial charge in [0.2, 0.25) is 5.91 Å². The van der Waals surface area contributed by atoms with Crippen LogP contribution in [-0.4, -0.2) is 28.7 Å². The molecule has 1 saturated heterocycles. The molecule has 0 aromatic heterocycles. The fourth-order valence-electron chi connectivity index (χ4n) is 4.61. The van der Waals surface area contributed by atoms with Crippen LogP contribution in [-0.2, 0) is 11.2 Å². The van der Waals surface area contributed by atoms with E-state index in [-0.39, 0.29) is 5.92 Å². The molecule has 1 saturated carbocycles. The van der Waals surface area contributed by atoms with Gasteiger partial charge in [-0.25, -0.2) is 0 Å². The number of rotatable bonds is 2. The van der Waals surface area contributed by atoms with Crippen molar-refractivity contribution >= 4 is 21.8 Å². The summed E-state index contributed by atoms with van der Waals surface area (Å²) in [6.45, 7) is 3.22. The van der Waals surface area contributed by atoms with Gasteiger partial charge in [-0.1, -0.05) is 47.1 Å². The summed E-state index contributed by atoms with van der Waals surface area (Å²) in [5, 5.41) is 0.915. The standard InChI is InChI=1S/C18H22BrNO/c1-11-8-9-20(15(11)10-19)18(21)17-14-7-6-12-4-2-3-5-13(12)16(14)17/h2-5,11,14-17H,6-10H2,1H3. The van der Waals surface area contributed by atoms with Gasteiger partial charge in [-0.3, -0.25) is 4.79 Å². The predicted molar refractivity (Wildman–Crippen MR) is 87.6 cm³/mol. The molecule has 3 aliphatic rings. The third-order valence-electron chi connectivity index (χ3n) is 5.94. The summed E-state index contributed by atoms with van der Waals surface area (Å²) in [7, 11) is 0. The number of carbonyl (C=O) groups is 1. The van der Waals surface area contributed by atoms with Gasteiger partial charge in [0.25, 0.3) is 0 Å². The first-order valence-corrected chi connectivity index (χ1v) is 9.28. The van der Waals surface area contributed by atoms with Crippen molar-refractivity contribution in [1.29, 1.82) is 0 Å². The minimum absolute atomic E-state index is 0.264. The maximum atomic E-state index is 13.0. The highest BCUT2D eigenvalue weighted by molar-refractivity contribution is 9.09. The van der Waals surface area contributed by atoms with Crippen molar-refractivity contribution in [2.24, 2.45) is 17.8 Å². The van der Waals surface area contributed by atoms with E-state index < -0.39 is 0 Å². The van der Waals surface area contributed by atoms with Crippen LogP contribution < -0.4 is 0 Å². The Morgan fingerprint density at radius 2 is 2.14 bits per heavy atom. The van der Waals surface area contributed by atoms with Gasteiger partial charge in [0, 0.05) is 23.8 Å². The van der Waals surface area contributed by atoms with Gasteiger partial charge in [-0.2, -0.15) is 0 Å². The molecular formula is C18H22BrNO. The van der Waals surface area contributed by atoms with E-state index in [0.717, 1.165) is 24.7 Å². The second kappa shape index (κ2) is 5.12. The number of nitrogens with zero attached hydrogens (tertiary/aromatic N) is 1. The average molecular weight is 348 g/mol. The lowest BCUT2D eigenvalue weighted by atomic mass is 9.92. The lowest BCUT2D eigenvalue weighted by Gasteiger charge is -2.25. The molecule has 2 aliphatic carbocycles. The number of hydrogen-bond acceptors (Lipinski definition) is 1. The summed E-state index contributed by atoms with van der Waals surface area (Å²) in [5.74, 6) is 2.44. The van der Waals surface area contributed by atoms with E-state index >= 15 is 0 Å². The summed E-state index contributed by atoms with van der Waals surface area (Å²) in [5.41, 5.74) is 2.93. The molecule has 2 nitrogen and oxygen atoms in total. The van der Waals surface area contributed by atoms with Crippen molar-refractivity contribution in [3.8, 4) is 0 Å². The molecule has 1 amide bonds. The van der Waals surface area contributed by atoms with Crippen molar-refractivity contribution in [2.45, 2.75) is 38.1 Å². The van der Waals surface area contributed by atoms with Crippen LogP contribution in [0.25, 0.3) is 0 Å². The Balaban J connectivity index is 1.56. The highest BCUT2D eigenvalue weighted by Gasteiger charge is 2.58. The van der Waals surface area contributed by atoms with E-state index in [1.165, 1.54) is 17.5 Å². The lowest BCUT2D eigenvalue weighted by molar-refractivity contribution is -0.133. The number of alkyl halides is 1. The second-order valence-electron chi connectivity index (χ2n) is 6.97. The Bertz CT molecular complexity index is 572. The summed E-state index contributed by atoms with van der Waals surface area (Å²) in [6, 6.07) is 9.13. The van der Waals surface area contributed by atoms with Crippen LogP contribution in [0.2, 0.25) is 0 Å². The molecule has 2 fully saturated rings. The smallest absolute Gasteiger partial charge is 0.226 e. The van der Waals surface area contributed by atoms with Crippen LogP contribution in [0.4, 0.5) is 0 Å². The van der Waals surface area contributed by atoms with Crippen molar-refractivity contribution in [2.75, 3.05) is 11.9 Å². The molecule has 0 radical (unpaired) electrons. The van der Waals surface area contributed by atoms with Crippen LogP contribution in [0.3, 0.4) is 0 Å². The van der Waals surface area contributed by atoms with Gasteiger partial charge < -0.3 is 4.90 Å². The second-order valence-corrected chi connectivity index (χ2v) is 7.62. The minimum atomic E-state index is 0.264. The van der Waals surface area contributed by atoms with Gasteiger partial charge in [0.1, 0.15) is 0 Å². The number of carbonyl (C=O) groups excluding carboxylic acids is 1. The maximum Gasteiger partial charge on any atom is 0.226 e. The highest BCUT2D eigenvalue weighted by Crippen LogP contribution is 2.60. The molecule has 1 aromatic carbocycles. The van der Waals surface area contributed by atoms with Crippen LogP contribution >= 0.6 is 15.9 Å². The van der Waals surface area contributed by atoms with Crippen LogP contribution in [0.5, 0.6) is 0 Å². The molecule has 5 atom stereocenters. The van der Waals surface area contributed by atoms with E-state index in [2.05, 4.69) is 52.0 Å². The van der Waals surface area contributed by atoms with Gasteiger partial charge >= 0.3 is 0 Å². The van der Waals surface area contributed by atoms with Gasteiger partial charge in [0.15, 0.2) is 0 Å². The molecule has 0 spiro atoms. The highest BCUT2D eigenvalue weighted by atomic mass is 79.9. The lowest BCUT2D eigenvalue weighted by Crippen LogP contribution is -2.40. The Kier molecular flexibility index (Phi) is 3.36.